The lowest BCUT2D eigenvalue weighted by molar-refractivity contribution is 0.103. The number of benzene rings is 2. The molecule has 0 saturated heterocycles. The Labute approximate surface area is 122 Å². The number of carbonyl (C=O) groups excluding carboxylic acids is 1. The third kappa shape index (κ3) is 2.65. The summed E-state index contributed by atoms with van der Waals surface area (Å²) in [5, 5.41) is 0. The van der Waals surface area contributed by atoms with Crippen LogP contribution < -0.4 is 5.73 Å². The fourth-order valence-corrected chi connectivity index (χ4v) is 2.64. The van der Waals surface area contributed by atoms with Crippen LogP contribution in [0, 0.1) is 6.92 Å². The van der Waals surface area contributed by atoms with Gasteiger partial charge in [0, 0.05) is 25.8 Å². The van der Waals surface area contributed by atoms with E-state index in [0.717, 1.165) is 10.0 Å². The molecule has 0 radical (unpaired) electrons. The number of nitrogens with two attached hydrogens (primary N) is 1. The van der Waals surface area contributed by atoms with Crippen LogP contribution in [0.3, 0.4) is 0 Å². The van der Waals surface area contributed by atoms with Crippen molar-refractivity contribution in [1.29, 1.82) is 0 Å². The summed E-state index contributed by atoms with van der Waals surface area (Å²) < 4.78 is 1.61. The summed E-state index contributed by atoms with van der Waals surface area (Å²) >= 11 is 6.76. The summed E-state index contributed by atoms with van der Waals surface area (Å²) in [5.41, 5.74) is 8.56. The van der Waals surface area contributed by atoms with Gasteiger partial charge in [-0.2, -0.15) is 0 Å². The molecule has 0 aromatic heterocycles. The topological polar surface area (TPSA) is 43.1 Å². The first kappa shape index (κ1) is 13.3. The number of hydrogen-bond acceptors (Lipinski definition) is 2. The van der Waals surface area contributed by atoms with Crippen LogP contribution in [0.25, 0.3) is 0 Å². The van der Waals surface area contributed by atoms with E-state index in [0.29, 0.717) is 21.3 Å². The van der Waals surface area contributed by atoms with Crippen LogP contribution in [0.15, 0.2) is 45.3 Å². The Balaban J connectivity index is 2.51. The first-order valence-electron chi connectivity index (χ1n) is 5.35. The maximum Gasteiger partial charge on any atom is 0.194 e. The first-order valence-corrected chi connectivity index (χ1v) is 6.93. The van der Waals surface area contributed by atoms with E-state index < -0.39 is 0 Å². The van der Waals surface area contributed by atoms with Crippen molar-refractivity contribution >= 4 is 43.3 Å². The van der Waals surface area contributed by atoms with Gasteiger partial charge in [-0.25, -0.2) is 0 Å². The number of aryl methyl sites for hydroxylation is 1. The minimum absolute atomic E-state index is 0.0133. The van der Waals surface area contributed by atoms with Crippen molar-refractivity contribution in [2.45, 2.75) is 6.92 Å². The van der Waals surface area contributed by atoms with Crippen LogP contribution in [0.2, 0.25) is 0 Å². The van der Waals surface area contributed by atoms with Gasteiger partial charge < -0.3 is 5.73 Å². The molecule has 0 unspecified atom stereocenters. The lowest BCUT2D eigenvalue weighted by Crippen LogP contribution is -2.05. The molecule has 0 saturated carbocycles. The van der Waals surface area contributed by atoms with E-state index in [9.17, 15) is 4.79 Å². The maximum atomic E-state index is 12.5. The molecule has 0 heterocycles. The molecule has 2 aromatic rings. The molecule has 92 valence electrons. The molecular weight excluding hydrogens is 358 g/mol. The molecule has 2 nitrogen and oxygen atoms in total. The average Bonchev–Trinajstić information content (AvgIpc) is 2.31. The Morgan fingerprint density at radius 3 is 2.44 bits per heavy atom. The molecule has 0 bridgehead atoms. The third-order valence-electron chi connectivity index (χ3n) is 2.68. The number of anilines is 1. The first-order chi connectivity index (χ1) is 8.49. The van der Waals surface area contributed by atoms with Crippen LogP contribution >= 0.6 is 31.9 Å². The van der Waals surface area contributed by atoms with E-state index >= 15 is 0 Å². The summed E-state index contributed by atoms with van der Waals surface area (Å²) in [4.78, 5) is 12.5. The smallest absolute Gasteiger partial charge is 0.194 e. The highest BCUT2D eigenvalue weighted by atomic mass is 79.9. The van der Waals surface area contributed by atoms with Gasteiger partial charge in [-0.3, -0.25) is 4.79 Å². The molecule has 2 rings (SSSR count). The monoisotopic (exact) mass is 367 g/mol. The van der Waals surface area contributed by atoms with Gasteiger partial charge in [-0.1, -0.05) is 22.0 Å². The maximum absolute atomic E-state index is 12.5. The lowest BCUT2D eigenvalue weighted by atomic mass is 9.99. The van der Waals surface area contributed by atoms with E-state index in [1.165, 1.54) is 0 Å². The molecular formula is C14H11Br2NO. The number of rotatable bonds is 2. The van der Waals surface area contributed by atoms with Gasteiger partial charge in [0.1, 0.15) is 0 Å². The van der Waals surface area contributed by atoms with Gasteiger partial charge in [0.05, 0.1) is 0 Å². The number of hydrogen-bond donors (Lipinski definition) is 1. The summed E-state index contributed by atoms with van der Waals surface area (Å²) in [6.45, 7) is 1.92. The highest BCUT2D eigenvalue weighted by molar-refractivity contribution is 9.10. The standard InChI is InChI=1S/C14H11Br2NO/c1-8-2-3-9(15)6-12(8)14(18)11-5-4-10(17)7-13(11)16/h2-7H,17H2,1H3. The van der Waals surface area contributed by atoms with Gasteiger partial charge >= 0.3 is 0 Å². The summed E-state index contributed by atoms with van der Waals surface area (Å²) in [6.07, 6.45) is 0. The van der Waals surface area contributed by atoms with E-state index in [4.69, 9.17) is 5.73 Å². The van der Waals surface area contributed by atoms with Crippen molar-refractivity contribution in [2.75, 3.05) is 5.73 Å². The quantitative estimate of drug-likeness (QED) is 0.633. The molecule has 0 atom stereocenters. The zero-order valence-electron chi connectivity index (χ0n) is 9.71. The number of halogens is 2. The van der Waals surface area contributed by atoms with Gasteiger partial charge in [-0.15, -0.1) is 0 Å². The van der Waals surface area contributed by atoms with E-state index in [-0.39, 0.29) is 5.78 Å². The second-order valence-corrected chi connectivity index (χ2v) is 5.80. The molecule has 0 fully saturated rings. The molecule has 0 aliphatic rings. The Hall–Kier alpha value is -1.13. The number of ketones is 1. The van der Waals surface area contributed by atoms with Crippen LogP contribution in [-0.4, -0.2) is 5.78 Å². The molecule has 2 aromatic carbocycles. The Kier molecular flexibility index (Phi) is 3.88. The van der Waals surface area contributed by atoms with E-state index in [1.54, 1.807) is 18.2 Å². The lowest BCUT2D eigenvalue weighted by Gasteiger charge is -2.08. The Morgan fingerprint density at radius 1 is 1.06 bits per heavy atom. The van der Waals surface area contributed by atoms with Crippen molar-refractivity contribution < 1.29 is 4.79 Å². The van der Waals surface area contributed by atoms with Crippen LogP contribution in [0.4, 0.5) is 5.69 Å². The van der Waals surface area contributed by atoms with Crippen LogP contribution in [0.5, 0.6) is 0 Å². The van der Waals surface area contributed by atoms with Crippen molar-refractivity contribution in [1.82, 2.24) is 0 Å². The van der Waals surface area contributed by atoms with Crippen molar-refractivity contribution in [3.05, 3.63) is 62.0 Å². The van der Waals surface area contributed by atoms with Crippen molar-refractivity contribution in [2.24, 2.45) is 0 Å². The Morgan fingerprint density at radius 2 is 1.78 bits per heavy atom. The van der Waals surface area contributed by atoms with E-state index in [1.807, 2.05) is 25.1 Å². The second kappa shape index (κ2) is 5.24. The summed E-state index contributed by atoms with van der Waals surface area (Å²) in [7, 11) is 0. The number of nitrogen functional groups attached to an aromatic ring is 1. The van der Waals surface area contributed by atoms with Crippen molar-refractivity contribution in [3.8, 4) is 0 Å². The van der Waals surface area contributed by atoms with Gasteiger partial charge in [0.15, 0.2) is 5.78 Å². The molecule has 0 amide bonds. The minimum atomic E-state index is -0.0133. The highest BCUT2D eigenvalue weighted by Crippen LogP contribution is 2.25. The normalized spacial score (nSPS) is 10.4. The zero-order valence-corrected chi connectivity index (χ0v) is 12.9. The molecule has 0 aliphatic carbocycles. The molecule has 0 spiro atoms. The molecule has 0 aliphatic heterocycles. The third-order valence-corrected chi connectivity index (χ3v) is 3.83. The molecule has 2 N–H and O–H groups in total. The predicted molar refractivity (Wildman–Crippen MR) is 80.9 cm³/mol. The van der Waals surface area contributed by atoms with Crippen molar-refractivity contribution in [3.63, 3.8) is 0 Å². The van der Waals surface area contributed by atoms with Gasteiger partial charge in [-0.05, 0) is 58.7 Å². The molecule has 4 heteroatoms. The van der Waals surface area contributed by atoms with Gasteiger partial charge in [0.25, 0.3) is 0 Å². The second-order valence-electron chi connectivity index (χ2n) is 4.03. The number of carbonyl (C=O) groups is 1. The predicted octanol–water partition coefficient (Wildman–Crippen LogP) is 4.33. The minimum Gasteiger partial charge on any atom is -0.399 e. The highest BCUT2D eigenvalue weighted by Gasteiger charge is 2.15. The van der Waals surface area contributed by atoms with Gasteiger partial charge in [0.2, 0.25) is 0 Å². The fourth-order valence-electron chi connectivity index (χ4n) is 1.70. The molecule has 18 heavy (non-hydrogen) atoms. The largest absolute Gasteiger partial charge is 0.399 e. The van der Waals surface area contributed by atoms with Crippen LogP contribution in [-0.2, 0) is 0 Å². The zero-order chi connectivity index (χ0) is 13.3. The van der Waals surface area contributed by atoms with Crippen LogP contribution in [0.1, 0.15) is 21.5 Å². The SMILES string of the molecule is Cc1ccc(Br)cc1C(=O)c1ccc(N)cc1Br. The summed E-state index contributed by atoms with van der Waals surface area (Å²) in [5.74, 6) is -0.0133. The Bertz CT molecular complexity index is 623. The summed E-state index contributed by atoms with van der Waals surface area (Å²) in [6, 6.07) is 10.9. The average molecular weight is 369 g/mol. The van der Waals surface area contributed by atoms with E-state index in [2.05, 4.69) is 31.9 Å². The fraction of sp³-hybridized carbons (Fsp3) is 0.0714.